The molecule has 0 fully saturated rings. The third kappa shape index (κ3) is 4.94. The van der Waals surface area contributed by atoms with Crippen LogP contribution >= 0.6 is 11.8 Å². The summed E-state index contributed by atoms with van der Waals surface area (Å²) in [7, 11) is 0. The molecule has 0 saturated heterocycles. The van der Waals surface area contributed by atoms with Crippen molar-refractivity contribution < 1.29 is 23.1 Å². The van der Waals surface area contributed by atoms with Crippen molar-refractivity contribution >= 4 is 23.8 Å². The van der Waals surface area contributed by atoms with Crippen LogP contribution in [0.25, 0.3) is 6.08 Å². The number of thioether (sulfide) groups is 1. The van der Waals surface area contributed by atoms with E-state index in [-0.39, 0.29) is 5.03 Å². The summed E-state index contributed by atoms with van der Waals surface area (Å²) in [5.41, 5.74) is -0.604. The zero-order chi connectivity index (χ0) is 14.5. The van der Waals surface area contributed by atoms with Crippen LogP contribution in [0, 0.1) is 0 Å². The highest BCUT2D eigenvalue weighted by molar-refractivity contribution is 7.99. The topological polar surface area (TPSA) is 50.2 Å². The molecule has 104 valence electrons. The lowest BCUT2D eigenvalue weighted by Crippen LogP contribution is -2.08. The molecule has 1 heterocycles. The van der Waals surface area contributed by atoms with Gasteiger partial charge < -0.3 is 5.11 Å². The van der Waals surface area contributed by atoms with Gasteiger partial charge in [-0.25, -0.2) is 9.78 Å². The molecule has 1 aromatic rings. The van der Waals surface area contributed by atoms with Crippen molar-refractivity contribution in [3.63, 3.8) is 0 Å². The maximum absolute atomic E-state index is 12.6. The molecule has 0 unspecified atom stereocenters. The van der Waals surface area contributed by atoms with Gasteiger partial charge in [0.1, 0.15) is 10.7 Å². The molecule has 0 aromatic carbocycles. The molecule has 1 rings (SSSR count). The number of aliphatic carboxylic acids is 1. The van der Waals surface area contributed by atoms with Gasteiger partial charge >= 0.3 is 12.1 Å². The number of carboxylic acid groups (broad SMARTS) is 1. The third-order valence-corrected chi connectivity index (χ3v) is 3.24. The number of pyridine rings is 1. The average molecular weight is 291 g/mol. The number of rotatable bonds is 5. The average Bonchev–Trinajstić information content (AvgIpc) is 2.32. The molecular formula is C12H12F3NO2S. The van der Waals surface area contributed by atoms with Crippen LogP contribution in [0.15, 0.2) is 23.2 Å². The molecule has 7 heteroatoms. The van der Waals surface area contributed by atoms with Crippen molar-refractivity contribution in [2.75, 3.05) is 5.75 Å². The van der Waals surface area contributed by atoms with Crippen molar-refractivity contribution in [3.8, 4) is 0 Å². The molecule has 19 heavy (non-hydrogen) atoms. The summed E-state index contributed by atoms with van der Waals surface area (Å²) >= 11 is 1.17. The number of hydrogen-bond donors (Lipinski definition) is 1. The highest BCUT2D eigenvalue weighted by Crippen LogP contribution is 2.31. The highest BCUT2D eigenvalue weighted by atomic mass is 32.2. The first-order valence-corrected chi connectivity index (χ1v) is 6.45. The molecule has 0 saturated carbocycles. The first-order chi connectivity index (χ1) is 8.84. The summed E-state index contributed by atoms with van der Waals surface area (Å²) in [6, 6.07) is 2.07. The molecule has 3 nitrogen and oxygen atoms in total. The van der Waals surface area contributed by atoms with E-state index in [1.54, 1.807) is 0 Å². The van der Waals surface area contributed by atoms with Gasteiger partial charge in [0.05, 0.1) is 0 Å². The number of nitrogens with zero attached hydrogens (tertiary/aromatic N) is 1. The van der Waals surface area contributed by atoms with E-state index in [4.69, 9.17) is 5.11 Å². The van der Waals surface area contributed by atoms with E-state index in [0.29, 0.717) is 11.3 Å². The van der Waals surface area contributed by atoms with E-state index in [1.807, 2.05) is 6.92 Å². The molecule has 0 aliphatic heterocycles. The largest absolute Gasteiger partial charge is 0.478 e. The van der Waals surface area contributed by atoms with E-state index in [2.05, 4.69) is 4.98 Å². The number of alkyl halides is 3. The second-order valence-corrected chi connectivity index (χ2v) is 4.69. The lowest BCUT2D eigenvalue weighted by atomic mass is 10.2. The predicted molar refractivity (Wildman–Crippen MR) is 66.9 cm³/mol. The van der Waals surface area contributed by atoms with Crippen LogP contribution in [0.4, 0.5) is 13.2 Å². The molecule has 0 bridgehead atoms. The molecule has 0 atom stereocenters. The second kappa shape index (κ2) is 6.60. The molecule has 0 radical (unpaired) electrons. The summed E-state index contributed by atoms with van der Waals surface area (Å²) in [5.74, 6) is -0.547. The first-order valence-electron chi connectivity index (χ1n) is 5.46. The van der Waals surface area contributed by atoms with Crippen LogP contribution in [0.5, 0.6) is 0 Å². The molecule has 1 aromatic heterocycles. The fourth-order valence-corrected chi connectivity index (χ4v) is 2.07. The van der Waals surface area contributed by atoms with Gasteiger partial charge in [0.2, 0.25) is 0 Å². The number of carbonyl (C=O) groups is 1. The Hall–Kier alpha value is -1.50. The lowest BCUT2D eigenvalue weighted by Gasteiger charge is -2.09. The van der Waals surface area contributed by atoms with Crippen molar-refractivity contribution in [2.24, 2.45) is 0 Å². The molecule has 0 spiro atoms. The molecule has 0 amide bonds. The standard InChI is InChI=1S/C12H12F3NO2S/c1-2-7-19-11-8(4-6-10(17)18)3-5-9(16-11)12(13,14)15/h3-6H,2,7H2,1H3,(H,17,18). The van der Waals surface area contributed by atoms with Crippen LogP contribution < -0.4 is 0 Å². The minimum atomic E-state index is -4.50. The van der Waals surface area contributed by atoms with Gasteiger partial charge in [-0.05, 0) is 24.3 Å². The maximum atomic E-state index is 12.6. The monoisotopic (exact) mass is 291 g/mol. The number of halogens is 3. The molecule has 1 N–H and O–H groups in total. The van der Waals surface area contributed by atoms with Crippen LogP contribution in [0.3, 0.4) is 0 Å². The van der Waals surface area contributed by atoms with Gasteiger partial charge in [0.15, 0.2) is 0 Å². The van der Waals surface area contributed by atoms with Crippen molar-refractivity contribution in [3.05, 3.63) is 29.5 Å². The van der Waals surface area contributed by atoms with E-state index in [0.717, 1.165) is 18.6 Å². The van der Waals surface area contributed by atoms with E-state index in [1.165, 1.54) is 23.9 Å². The highest BCUT2D eigenvalue weighted by Gasteiger charge is 2.32. The first kappa shape index (κ1) is 15.6. The SMILES string of the molecule is CCCSc1nc(C(F)(F)F)ccc1C=CC(=O)O. The lowest BCUT2D eigenvalue weighted by molar-refractivity contribution is -0.141. The summed E-state index contributed by atoms with van der Waals surface area (Å²) in [6.07, 6.45) is -1.60. The third-order valence-electron chi connectivity index (χ3n) is 2.03. The van der Waals surface area contributed by atoms with Crippen molar-refractivity contribution in [1.82, 2.24) is 4.98 Å². The van der Waals surface area contributed by atoms with Crippen LogP contribution in [0.1, 0.15) is 24.6 Å². The van der Waals surface area contributed by atoms with Gasteiger partial charge in [0, 0.05) is 11.6 Å². The van der Waals surface area contributed by atoms with Gasteiger partial charge in [-0.3, -0.25) is 0 Å². The van der Waals surface area contributed by atoms with Crippen LogP contribution in [-0.2, 0) is 11.0 Å². The predicted octanol–water partition coefficient (Wildman–Crippen LogP) is 3.70. The maximum Gasteiger partial charge on any atom is 0.433 e. The van der Waals surface area contributed by atoms with Gasteiger partial charge in [-0.2, -0.15) is 13.2 Å². The summed E-state index contributed by atoms with van der Waals surface area (Å²) in [6.45, 7) is 1.90. The van der Waals surface area contributed by atoms with Gasteiger partial charge in [-0.1, -0.05) is 13.0 Å². The van der Waals surface area contributed by atoms with Crippen LogP contribution in [0.2, 0.25) is 0 Å². The summed E-state index contributed by atoms with van der Waals surface area (Å²) < 4.78 is 37.7. The molecule has 0 aliphatic rings. The Kier molecular flexibility index (Phi) is 5.41. The van der Waals surface area contributed by atoms with E-state index in [9.17, 15) is 18.0 Å². The number of aromatic nitrogens is 1. The zero-order valence-corrected chi connectivity index (χ0v) is 10.9. The molecular weight excluding hydrogens is 279 g/mol. The quantitative estimate of drug-likeness (QED) is 0.664. The Labute approximate surface area is 112 Å². The normalized spacial score (nSPS) is 12.0. The van der Waals surface area contributed by atoms with Crippen molar-refractivity contribution in [2.45, 2.75) is 24.5 Å². The Morgan fingerprint density at radius 2 is 2.16 bits per heavy atom. The van der Waals surface area contributed by atoms with Crippen LogP contribution in [-0.4, -0.2) is 21.8 Å². The Bertz CT molecular complexity index is 486. The smallest absolute Gasteiger partial charge is 0.433 e. The number of carboxylic acids is 1. The van der Waals surface area contributed by atoms with Gasteiger partial charge in [0.25, 0.3) is 0 Å². The van der Waals surface area contributed by atoms with E-state index < -0.39 is 17.8 Å². The fraction of sp³-hybridized carbons (Fsp3) is 0.333. The fourth-order valence-electron chi connectivity index (χ4n) is 1.21. The zero-order valence-electron chi connectivity index (χ0n) is 10.1. The Morgan fingerprint density at radius 3 is 2.68 bits per heavy atom. The van der Waals surface area contributed by atoms with Gasteiger partial charge in [-0.15, -0.1) is 11.8 Å². The second-order valence-electron chi connectivity index (χ2n) is 3.61. The summed E-state index contributed by atoms with van der Waals surface area (Å²) in [4.78, 5) is 14.0. The molecule has 0 aliphatic carbocycles. The minimum Gasteiger partial charge on any atom is -0.478 e. The minimum absolute atomic E-state index is 0.189. The summed E-state index contributed by atoms with van der Waals surface area (Å²) in [5, 5.41) is 8.72. The van der Waals surface area contributed by atoms with Crippen molar-refractivity contribution in [1.29, 1.82) is 0 Å². The number of hydrogen-bond acceptors (Lipinski definition) is 3. The Balaban J connectivity index is 3.12. The van der Waals surface area contributed by atoms with E-state index >= 15 is 0 Å². The Morgan fingerprint density at radius 1 is 1.47 bits per heavy atom.